The smallest absolute Gasteiger partial charge is 0.401 e. The fourth-order valence-corrected chi connectivity index (χ4v) is 1.29. The van der Waals surface area contributed by atoms with Crippen molar-refractivity contribution in [3.63, 3.8) is 0 Å². The Morgan fingerprint density at radius 1 is 1.29 bits per heavy atom. The first-order valence-corrected chi connectivity index (χ1v) is 5.49. The molecule has 0 aliphatic rings. The van der Waals surface area contributed by atoms with Crippen LogP contribution in [-0.4, -0.2) is 31.8 Å². The molecule has 4 nitrogen and oxygen atoms in total. The van der Waals surface area contributed by atoms with E-state index in [0.29, 0.717) is 6.07 Å². The minimum absolute atomic E-state index is 0.104. The van der Waals surface area contributed by atoms with E-state index in [0.717, 1.165) is 12.1 Å². The molecular weight excluding hydrogens is 306 g/mol. The fourth-order valence-electron chi connectivity index (χ4n) is 1.29. The van der Waals surface area contributed by atoms with Gasteiger partial charge in [-0.1, -0.05) is 0 Å². The average molecular weight is 316 g/mol. The molecule has 0 radical (unpaired) electrons. The van der Waals surface area contributed by atoms with Crippen molar-refractivity contribution in [2.24, 2.45) is 0 Å². The molecule has 2 N–H and O–H groups in total. The number of alkyl halides is 5. The quantitative estimate of drug-likeness (QED) is 0.793. The van der Waals surface area contributed by atoms with Crippen molar-refractivity contribution in [3.8, 4) is 5.75 Å². The Kier molecular flexibility index (Phi) is 5.82. The molecule has 0 spiro atoms. The molecule has 0 saturated carbocycles. The minimum Gasteiger partial charge on any atom is -0.432 e. The first-order chi connectivity index (χ1) is 9.67. The summed E-state index contributed by atoms with van der Waals surface area (Å²) in [6, 6.07) is 2.64. The zero-order chi connectivity index (χ0) is 16.0. The molecule has 10 heteroatoms. The molecule has 1 amide bonds. The van der Waals surface area contributed by atoms with Crippen LogP contribution in [0.3, 0.4) is 0 Å². The van der Waals surface area contributed by atoms with Crippen molar-refractivity contribution in [3.05, 3.63) is 24.0 Å². The summed E-state index contributed by atoms with van der Waals surface area (Å²) in [6.45, 7) is -5.20. The number of carbonyl (C=O) groups is 1. The maximum absolute atomic E-state index is 13.3. The number of carbonyl (C=O) groups excluding carboxylic acids is 1. The van der Waals surface area contributed by atoms with Crippen LogP contribution in [0.1, 0.15) is 0 Å². The summed E-state index contributed by atoms with van der Waals surface area (Å²) in [5.41, 5.74) is -0.104. The number of ether oxygens (including phenoxy) is 1. The van der Waals surface area contributed by atoms with Crippen molar-refractivity contribution in [2.45, 2.75) is 12.8 Å². The van der Waals surface area contributed by atoms with Gasteiger partial charge in [-0.2, -0.15) is 22.0 Å². The molecule has 21 heavy (non-hydrogen) atoms. The van der Waals surface area contributed by atoms with E-state index in [9.17, 15) is 31.1 Å². The van der Waals surface area contributed by atoms with Crippen LogP contribution in [0.2, 0.25) is 0 Å². The van der Waals surface area contributed by atoms with E-state index in [2.05, 4.69) is 10.1 Å². The third kappa shape index (κ3) is 6.84. The van der Waals surface area contributed by atoms with Crippen LogP contribution in [0.4, 0.5) is 32.0 Å². The molecule has 0 bridgehead atoms. The van der Waals surface area contributed by atoms with Gasteiger partial charge in [0.15, 0.2) is 11.6 Å². The lowest BCUT2D eigenvalue weighted by Gasteiger charge is -2.10. The van der Waals surface area contributed by atoms with E-state index in [1.807, 2.05) is 5.32 Å². The topological polar surface area (TPSA) is 50.4 Å². The first-order valence-electron chi connectivity index (χ1n) is 5.49. The van der Waals surface area contributed by atoms with Crippen molar-refractivity contribution in [1.29, 1.82) is 0 Å². The van der Waals surface area contributed by atoms with Gasteiger partial charge in [0.25, 0.3) is 0 Å². The summed E-state index contributed by atoms with van der Waals surface area (Å²) in [5.74, 6) is -2.70. The molecule has 0 atom stereocenters. The van der Waals surface area contributed by atoms with E-state index >= 15 is 0 Å². The maximum atomic E-state index is 13.3. The molecule has 0 saturated heterocycles. The van der Waals surface area contributed by atoms with Gasteiger partial charge in [-0.25, -0.2) is 4.39 Å². The van der Waals surface area contributed by atoms with Gasteiger partial charge in [-0.15, -0.1) is 0 Å². The summed E-state index contributed by atoms with van der Waals surface area (Å²) in [4.78, 5) is 11.3. The number of hydrogen-bond acceptors (Lipinski definition) is 3. The van der Waals surface area contributed by atoms with Gasteiger partial charge in [0, 0.05) is 11.8 Å². The molecule has 0 unspecified atom stereocenters. The van der Waals surface area contributed by atoms with E-state index < -0.39 is 43.4 Å². The Morgan fingerprint density at radius 2 is 1.95 bits per heavy atom. The van der Waals surface area contributed by atoms with Crippen LogP contribution >= 0.6 is 0 Å². The molecule has 0 aliphatic heterocycles. The number of nitrogens with one attached hydrogen (secondary N) is 2. The number of rotatable bonds is 6. The summed E-state index contributed by atoms with van der Waals surface area (Å²) < 4.78 is 76.4. The van der Waals surface area contributed by atoms with Crippen molar-refractivity contribution in [2.75, 3.05) is 18.4 Å². The zero-order valence-corrected chi connectivity index (χ0v) is 10.3. The Hall–Kier alpha value is -1.97. The van der Waals surface area contributed by atoms with Crippen LogP contribution in [0, 0.1) is 5.82 Å². The zero-order valence-electron chi connectivity index (χ0n) is 10.3. The number of anilines is 1. The molecule has 0 heterocycles. The van der Waals surface area contributed by atoms with Crippen LogP contribution < -0.4 is 15.4 Å². The second-order valence-electron chi connectivity index (χ2n) is 3.79. The summed E-state index contributed by atoms with van der Waals surface area (Å²) in [6.07, 6.45) is -4.46. The molecule has 1 aromatic carbocycles. The molecular formula is C11H10F6N2O2. The SMILES string of the molecule is O=C(CNCC(F)(F)F)Nc1ccc(OC(F)F)c(F)c1. The van der Waals surface area contributed by atoms with E-state index in [1.54, 1.807) is 0 Å². The lowest BCUT2D eigenvalue weighted by atomic mass is 10.3. The molecule has 1 rings (SSSR count). The number of benzene rings is 1. The molecule has 0 fully saturated rings. The second kappa shape index (κ2) is 7.16. The Morgan fingerprint density at radius 3 is 2.48 bits per heavy atom. The van der Waals surface area contributed by atoms with Gasteiger partial charge in [0.2, 0.25) is 5.91 Å². The average Bonchev–Trinajstić information content (AvgIpc) is 2.30. The lowest BCUT2D eigenvalue weighted by Crippen LogP contribution is -2.35. The summed E-state index contributed by atoms with van der Waals surface area (Å²) >= 11 is 0. The van der Waals surface area contributed by atoms with Crippen LogP contribution in [0.5, 0.6) is 5.75 Å². The number of amides is 1. The van der Waals surface area contributed by atoms with E-state index in [4.69, 9.17) is 0 Å². The molecule has 0 aromatic heterocycles. The highest BCUT2D eigenvalue weighted by Crippen LogP contribution is 2.22. The molecule has 1 aromatic rings. The van der Waals surface area contributed by atoms with Gasteiger partial charge in [-0.05, 0) is 12.1 Å². The largest absolute Gasteiger partial charge is 0.432 e. The second-order valence-corrected chi connectivity index (χ2v) is 3.79. The predicted octanol–water partition coefficient (Wildman–Crippen LogP) is 2.52. The maximum Gasteiger partial charge on any atom is 0.401 e. The highest BCUT2D eigenvalue weighted by molar-refractivity contribution is 5.92. The first kappa shape index (κ1) is 17.1. The van der Waals surface area contributed by atoms with Crippen LogP contribution in [0.25, 0.3) is 0 Å². The lowest BCUT2D eigenvalue weighted by molar-refractivity contribution is -0.127. The third-order valence-corrected chi connectivity index (χ3v) is 2.04. The highest BCUT2D eigenvalue weighted by Gasteiger charge is 2.26. The third-order valence-electron chi connectivity index (χ3n) is 2.04. The normalized spacial score (nSPS) is 11.6. The van der Waals surface area contributed by atoms with E-state index in [1.165, 1.54) is 0 Å². The van der Waals surface area contributed by atoms with Crippen molar-refractivity contribution < 1.29 is 35.9 Å². The molecule has 0 aliphatic carbocycles. The standard InChI is InChI=1S/C11H10F6N2O2/c12-7-3-6(1-2-8(7)21-10(13)14)19-9(20)4-18-5-11(15,16)17/h1-3,10,18H,4-5H2,(H,19,20). The monoisotopic (exact) mass is 316 g/mol. The number of halogens is 6. The van der Waals surface area contributed by atoms with Crippen LogP contribution in [-0.2, 0) is 4.79 Å². The fraction of sp³-hybridized carbons (Fsp3) is 0.364. The van der Waals surface area contributed by atoms with Gasteiger partial charge in [-0.3, -0.25) is 4.79 Å². The van der Waals surface area contributed by atoms with Gasteiger partial charge < -0.3 is 15.4 Å². The Bertz CT molecular complexity index is 492. The summed E-state index contributed by atoms with van der Waals surface area (Å²) in [5, 5.41) is 3.94. The van der Waals surface area contributed by atoms with Gasteiger partial charge in [0.1, 0.15) is 0 Å². The van der Waals surface area contributed by atoms with Gasteiger partial charge >= 0.3 is 12.8 Å². The predicted molar refractivity (Wildman–Crippen MR) is 60.6 cm³/mol. The molecule has 118 valence electrons. The van der Waals surface area contributed by atoms with Gasteiger partial charge in [0.05, 0.1) is 13.1 Å². The summed E-state index contributed by atoms with van der Waals surface area (Å²) in [7, 11) is 0. The highest BCUT2D eigenvalue weighted by atomic mass is 19.4. The minimum atomic E-state index is -4.46. The Labute approximate surface area is 115 Å². The van der Waals surface area contributed by atoms with Crippen LogP contribution in [0.15, 0.2) is 18.2 Å². The van der Waals surface area contributed by atoms with E-state index in [-0.39, 0.29) is 5.69 Å². The Balaban J connectivity index is 2.51. The van der Waals surface area contributed by atoms with Crippen molar-refractivity contribution >= 4 is 11.6 Å². The van der Waals surface area contributed by atoms with Crippen molar-refractivity contribution in [1.82, 2.24) is 5.32 Å². The number of hydrogen-bond donors (Lipinski definition) is 2.